The van der Waals surface area contributed by atoms with Crippen molar-refractivity contribution >= 4 is 44.8 Å². The van der Waals surface area contributed by atoms with Crippen LogP contribution in [0.15, 0.2) is 77.3 Å². The molecule has 5 rings (SSSR count). The number of rotatable bonds is 4. The van der Waals surface area contributed by atoms with E-state index >= 15 is 0 Å². The molecule has 0 fully saturated rings. The van der Waals surface area contributed by atoms with E-state index in [1.165, 1.54) is 6.07 Å². The number of nitro groups is 1. The maximum atomic E-state index is 13.5. The van der Waals surface area contributed by atoms with Gasteiger partial charge in [0.1, 0.15) is 5.69 Å². The van der Waals surface area contributed by atoms with Crippen molar-refractivity contribution in [2.45, 2.75) is 6.04 Å². The average Bonchev–Trinajstić information content (AvgIpc) is 3.34. The fraction of sp³-hybridized carbons (Fsp3) is 0.0435. The number of halogens is 2. The van der Waals surface area contributed by atoms with Gasteiger partial charge in [-0.05, 0) is 42.5 Å². The van der Waals surface area contributed by atoms with Gasteiger partial charge in [0.2, 0.25) is 0 Å². The Bertz CT molecular complexity index is 1350. The van der Waals surface area contributed by atoms with Gasteiger partial charge in [0.15, 0.2) is 0 Å². The topological polar surface area (TPSA) is 92.1 Å². The van der Waals surface area contributed by atoms with Crippen LogP contribution >= 0.6 is 27.5 Å². The van der Waals surface area contributed by atoms with E-state index in [1.807, 2.05) is 24.3 Å². The van der Waals surface area contributed by atoms with E-state index in [0.717, 1.165) is 10.0 Å². The number of para-hydroxylation sites is 1. The normalized spacial score (nSPS) is 15.1. The fourth-order valence-corrected chi connectivity index (χ4v) is 4.41. The molecule has 0 radical (unpaired) electrons. The van der Waals surface area contributed by atoms with Crippen LogP contribution in [0.2, 0.25) is 5.02 Å². The zero-order valence-corrected chi connectivity index (χ0v) is 18.7. The van der Waals surface area contributed by atoms with Crippen molar-refractivity contribution in [3.63, 3.8) is 0 Å². The summed E-state index contributed by atoms with van der Waals surface area (Å²) < 4.78 is 0.905. The highest BCUT2D eigenvalue weighted by Crippen LogP contribution is 2.47. The van der Waals surface area contributed by atoms with Gasteiger partial charge in [-0.25, -0.2) is 0 Å². The summed E-state index contributed by atoms with van der Waals surface area (Å²) in [5.74, 6) is -0.318. The Labute approximate surface area is 195 Å². The van der Waals surface area contributed by atoms with E-state index in [2.05, 4.69) is 26.1 Å². The summed E-state index contributed by atoms with van der Waals surface area (Å²) in [5.41, 5.74) is 3.18. The van der Waals surface area contributed by atoms with Crippen molar-refractivity contribution in [2.75, 3.05) is 4.90 Å². The Balaban J connectivity index is 1.77. The van der Waals surface area contributed by atoms with E-state index in [1.54, 1.807) is 47.4 Å². The number of aromatic amines is 1. The number of H-pyrrole nitrogens is 1. The molecule has 1 aliphatic rings. The molecule has 0 unspecified atom stereocenters. The maximum absolute atomic E-state index is 13.5. The number of anilines is 1. The van der Waals surface area contributed by atoms with Gasteiger partial charge in [0.25, 0.3) is 11.6 Å². The van der Waals surface area contributed by atoms with E-state index in [0.29, 0.717) is 33.2 Å². The minimum atomic E-state index is -0.738. The maximum Gasteiger partial charge on any atom is 0.277 e. The Morgan fingerprint density at radius 1 is 1.03 bits per heavy atom. The minimum absolute atomic E-state index is 0.0694. The van der Waals surface area contributed by atoms with Gasteiger partial charge < -0.3 is 0 Å². The van der Waals surface area contributed by atoms with Gasteiger partial charge in [-0.3, -0.25) is 24.9 Å². The molecule has 1 N–H and O–H groups in total. The van der Waals surface area contributed by atoms with Gasteiger partial charge >= 0.3 is 0 Å². The number of hydrogen-bond donors (Lipinski definition) is 1. The third-order valence-corrected chi connectivity index (χ3v) is 6.20. The number of amides is 1. The second-order valence-electron chi connectivity index (χ2n) is 7.24. The van der Waals surface area contributed by atoms with Crippen LogP contribution < -0.4 is 4.90 Å². The molecule has 0 spiro atoms. The van der Waals surface area contributed by atoms with Crippen molar-refractivity contribution in [1.29, 1.82) is 0 Å². The van der Waals surface area contributed by atoms with Crippen LogP contribution in [0.4, 0.5) is 11.4 Å². The molecule has 0 saturated carbocycles. The number of fused-ring (bicyclic) bond motifs is 1. The smallest absolute Gasteiger partial charge is 0.277 e. The molecule has 0 aliphatic carbocycles. The summed E-state index contributed by atoms with van der Waals surface area (Å²) in [5, 5.41) is 19.6. The van der Waals surface area contributed by atoms with E-state index in [4.69, 9.17) is 11.6 Å². The number of nitro benzene ring substituents is 1. The fourth-order valence-electron chi connectivity index (χ4n) is 4.02. The third kappa shape index (κ3) is 3.28. The lowest BCUT2D eigenvalue weighted by Crippen LogP contribution is -2.29. The number of carbonyl (C=O) groups is 1. The van der Waals surface area contributed by atoms with Crippen molar-refractivity contribution in [1.82, 2.24) is 10.2 Å². The van der Waals surface area contributed by atoms with Crippen LogP contribution in [0.1, 0.15) is 27.7 Å². The minimum Gasteiger partial charge on any atom is -0.295 e. The second kappa shape index (κ2) is 7.89. The highest BCUT2D eigenvalue weighted by Gasteiger charge is 2.45. The first-order chi connectivity index (χ1) is 15.5. The molecule has 7 nitrogen and oxygen atoms in total. The third-order valence-electron chi connectivity index (χ3n) is 5.42. The molecule has 158 valence electrons. The number of aromatic nitrogens is 2. The number of benzene rings is 3. The number of carbonyl (C=O) groups excluding carboxylic acids is 1. The first kappa shape index (κ1) is 20.4. The lowest BCUT2D eigenvalue weighted by Gasteiger charge is -2.26. The van der Waals surface area contributed by atoms with Gasteiger partial charge in [0.05, 0.1) is 22.2 Å². The van der Waals surface area contributed by atoms with Crippen LogP contribution in [-0.2, 0) is 0 Å². The van der Waals surface area contributed by atoms with Crippen LogP contribution in [0.3, 0.4) is 0 Å². The van der Waals surface area contributed by atoms with E-state index < -0.39 is 11.0 Å². The summed E-state index contributed by atoms with van der Waals surface area (Å²) in [7, 11) is 0. The first-order valence-electron chi connectivity index (χ1n) is 9.62. The first-order valence-corrected chi connectivity index (χ1v) is 10.8. The Morgan fingerprint density at radius 2 is 1.72 bits per heavy atom. The van der Waals surface area contributed by atoms with Gasteiger partial charge in [0, 0.05) is 32.4 Å². The number of nitrogens with zero attached hydrogens (tertiary/aromatic N) is 3. The molecule has 3 aromatic carbocycles. The standard InChI is InChI=1S/C23H14BrClN4O3/c24-14-7-5-13(6-8-14)20-19-21(27-26-20)23(30)28(16-11-9-15(25)10-12-16)22(19)17-3-1-2-4-18(17)29(31)32/h1-12,22H,(H,26,27)/t22-/m0/s1. The molecule has 1 aliphatic heterocycles. The molecule has 1 atom stereocenters. The summed E-state index contributed by atoms with van der Waals surface area (Å²) in [4.78, 5) is 26.4. The zero-order chi connectivity index (χ0) is 22.4. The van der Waals surface area contributed by atoms with Crippen LogP contribution in [-0.4, -0.2) is 21.0 Å². The van der Waals surface area contributed by atoms with E-state index in [9.17, 15) is 14.9 Å². The molecule has 0 bridgehead atoms. The molecule has 32 heavy (non-hydrogen) atoms. The van der Waals surface area contributed by atoms with Crippen molar-refractivity contribution < 1.29 is 9.72 Å². The second-order valence-corrected chi connectivity index (χ2v) is 8.59. The quantitative estimate of drug-likeness (QED) is 0.264. The van der Waals surface area contributed by atoms with Crippen molar-refractivity contribution in [2.24, 2.45) is 0 Å². The van der Waals surface area contributed by atoms with Crippen molar-refractivity contribution in [3.8, 4) is 11.3 Å². The molecule has 1 aromatic heterocycles. The summed E-state index contributed by atoms with van der Waals surface area (Å²) in [6.45, 7) is 0. The highest BCUT2D eigenvalue weighted by molar-refractivity contribution is 9.10. The summed E-state index contributed by atoms with van der Waals surface area (Å²) in [6, 6.07) is 20.0. The summed E-state index contributed by atoms with van der Waals surface area (Å²) in [6.07, 6.45) is 0. The molecule has 4 aromatic rings. The molecular weight excluding hydrogens is 496 g/mol. The number of nitrogens with one attached hydrogen (secondary N) is 1. The predicted octanol–water partition coefficient (Wildman–Crippen LogP) is 6.15. The van der Waals surface area contributed by atoms with Gasteiger partial charge in [-0.15, -0.1) is 0 Å². The SMILES string of the molecule is O=C1c2[nH]nc(-c3ccc(Br)cc3)c2[C@H](c2ccccc2[N+](=O)[O-])N1c1ccc(Cl)cc1. The zero-order valence-electron chi connectivity index (χ0n) is 16.3. The van der Waals surface area contributed by atoms with Crippen LogP contribution in [0.5, 0.6) is 0 Å². The molecule has 0 saturated heterocycles. The van der Waals surface area contributed by atoms with Crippen molar-refractivity contribution in [3.05, 3.63) is 109 Å². The van der Waals surface area contributed by atoms with Gasteiger partial charge in [-0.2, -0.15) is 5.10 Å². The molecule has 9 heteroatoms. The lowest BCUT2D eigenvalue weighted by atomic mass is 9.94. The largest absolute Gasteiger partial charge is 0.295 e. The highest BCUT2D eigenvalue weighted by atomic mass is 79.9. The monoisotopic (exact) mass is 508 g/mol. The lowest BCUT2D eigenvalue weighted by molar-refractivity contribution is -0.385. The molecule has 1 amide bonds. The van der Waals surface area contributed by atoms with Crippen LogP contribution in [0.25, 0.3) is 11.3 Å². The van der Waals surface area contributed by atoms with E-state index in [-0.39, 0.29) is 11.6 Å². The molecule has 2 heterocycles. The number of hydrogen-bond acceptors (Lipinski definition) is 4. The summed E-state index contributed by atoms with van der Waals surface area (Å²) >= 11 is 9.47. The Hall–Kier alpha value is -3.49. The molecular formula is C23H14BrClN4O3. The Morgan fingerprint density at radius 3 is 2.41 bits per heavy atom. The average molecular weight is 510 g/mol. The Kier molecular flexibility index (Phi) is 5.03. The van der Waals surface area contributed by atoms with Crippen LogP contribution in [0, 0.1) is 10.1 Å². The van der Waals surface area contributed by atoms with Gasteiger partial charge in [-0.1, -0.05) is 51.8 Å². The predicted molar refractivity (Wildman–Crippen MR) is 125 cm³/mol.